The first-order chi connectivity index (χ1) is 12.1. The van der Waals surface area contributed by atoms with E-state index in [9.17, 15) is 9.59 Å². The molecule has 1 saturated heterocycles. The molecule has 0 bridgehead atoms. The van der Waals surface area contributed by atoms with Crippen molar-refractivity contribution in [3.8, 4) is 5.75 Å². The number of nitrogens with two attached hydrogens (primary N) is 1. The zero-order valence-corrected chi connectivity index (χ0v) is 14.1. The predicted molar refractivity (Wildman–Crippen MR) is 94.6 cm³/mol. The number of nitrogens with one attached hydrogen (secondary N) is 1. The Morgan fingerprint density at radius 3 is 2.48 bits per heavy atom. The lowest BCUT2D eigenvalue weighted by Crippen LogP contribution is -2.48. The summed E-state index contributed by atoms with van der Waals surface area (Å²) in [7, 11) is 1.63. The summed E-state index contributed by atoms with van der Waals surface area (Å²) in [5.41, 5.74) is 7.15. The van der Waals surface area contributed by atoms with Crippen LogP contribution in [0, 0.1) is 0 Å². The van der Waals surface area contributed by atoms with E-state index in [1.807, 2.05) is 29.2 Å². The summed E-state index contributed by atoms with van der Waals surface area (Å²) in [5.74, 6) is 0.180. The van der Waals surface area contributed by atoms with Crippen LogP contribution in [0.2, 0.25) is 0 Å². The summed E-state index contributed by atoms with van der Waals surface area (Å²) in [4.78, 5) is 26.0. The fourth-order valence-corrected chi connectivity index (χ4v) is 3.11. The lowest BCUT2D eigenvalue weighted by molar-refractivity contribution is 0.0631. The smallest absolute Gasteiger partial charge is 0.254 e. The molecule has 1 aliphatic rings. The van der Waals surface area contributed by atoms with Gasteiger partial charge in [0.2, 0.25) is 5.91 Å². The number of carbonyl (C=O) groups excluding carboxylic acids is 2. The highest BCUT2D eigenvalue weighted by molar-refractivity contribution is 5.97. The van der Waals surface area contributed by atoms with Crippen molar-refractivity contribution in [1.82, 2.24) is 10.2 Å². The Kier molecular flexibility index (Phi) is 5.00. The van der Waals surface area contributed by atoms with E-state index in [-0.39, 0.29) is 11.9 Å². The van der Waals surface area contributed by atoms with Crippen molar-refractivity contribution >= 4 is 11.8 Å². The standard InChI is InChI=1S/C19H21N3O3/c1-25-17-5-3-2-4-15(17)16-12-21-10-11-22(16)19(24)14-8-6-13(7-9-14)18(20)23/h2-9,16,21H,10-12H2,1H3,(H2,20,23). The topological polar surface area (TPSA) is 84.7 Å². The maximum Gasteiger partial charge on any atom is 0.254 e. The van der Waals surface area contributed by atoms with Crippen LogP contribution >= 0.6 is 0 Å². The average Bonchev–Trinajstić information content (AvgIpc) is 2.67. The molecule has 1 unspecified atom stereocenters. The number of ether oxygens (including phenoxy) is 1. The van der Waals surface area contributed by atoms with Crippen LogP contribution in [0.4, 0.5) is 0 Å². The van der Waals surface area contributed by atoms with Gasteiger partial charge in [-0.25, -0.2) is 0 Å². The number of benzene rings is 2. The summed E-state index contributed by atoms with van der Waals surface area (Å²) in [6.07, 6.45) is 0. The third kappa shape index (κ3) is 3.49. The molecule has 1 fully saturated rings. The largest absolute Gasteiger partial charge is 0.496 e. The normalized spacial score (nSPS) is 17.2. The molecule has 1 aliphatic heterocycles. The van der Waals surface area contributed by atoms with Gasteiger partial charge < -0.3 is 20.7 Å². The Balaban J connectivity index is 1.90. The van der Waals surface area contributed by atoms with Gasteiger partial charge in [-0.1, -0.05) is 18.2 Å². The van der Waals surface area contributed by atoms with Crippen LogP contribution in [-0.2, 0) is 0 Å². The van der Waals surface area contributed by atoms with E-state index in [2.05, 4.69) is 5.32 Å². The summed E-state index contributed by atoms with van der Waals surface area (Å²) >= 11 is 0. The second kappa shape index (κ2) is 7.36. The molecule has 25 heavy (non-hydrogen) atoms. The number of para-hydroxylation sites is 1. The third-order valence-corrected chi connectivity index (χ3v) is 4.42. The van der Waals surface area contributed by atoms with E-state index in [1.54, 1.807) is 31.4 Å². The molecule has 6 heteroatoms. The zero-order valence-electron chi connectivity index (χ0n) is 14.1. The van der Waals surface area contributed by atoms with Gasteiger partial charge in [0, 0.05) is 36.3 Å². The van der Waals surface area contributed by atoms with Gasteiger partial charge in [-0.05, 0) is 30.3 Å². The molecule has 0 aromatic heterocycles. The fraction of sp³-hybridized carbons (Fsp3) is 0.263. The highest BCUT2D eigenvalue weighted by atomic mass is 16.5. The molecule has 1 atom stereocenters. The number of nitrogens with zero attached hydrogens (tertiary/aromatic N) is 1. The van der Waals surface area contributed by atoms with E-state index in [4.69, 9.17) is 10.5 Å². The second-order valence-corrected chi connectivity index (χ2v) is 5.90. The van der Waals surface area contributed by atoms with Gasteiger partial charge in [-0.3, -0.25) is 9.59 Å². The summed E-state index contributed by atoms with van der Waals surface area (Å²) < 4.78 is 5.46. The summed E-state index contributed by atoms with van der Waals surface area (Å²) in [5, 5.41) is 3.33. The Morgan fingerprint density at radius 2 is 1.80 bits per heavy atom. The number of carbonyl (C=O) groups is 2. The summed E-state index contributed by atoms with van der Waals surface area (Å²) in [6, 6.07) is 14.1. The minimum absolute atomic E-state index is 0.0755. The molecule has 0 radical (unpaired) electrons. The molecule has 0 saturated carbocycles. The van der Waals surface area contributed by atoms with Crippen LogP contribution in [0.1, 0.15) is 32.3 Å². The highest BCUT2D eigenvalue weighted by Crippen LogP contribution is 2.31. The lowest BCUT2D eigenvalue weighted by Gasteiger charge is -2.37. The van der Waals surface area contributed by atoms with Gasteiger partial charge in [0.1, 0.15) is 5.75 Å². The number of hydrogen-bond donors (Lipinski definition) is 2. The average molecular weight is 339 g/mol. The Bertz CT molecular complexity index is 774. The van der Waals surface area contributed by atoms with Crippen LogP contribution in [0.5, 0.6) is 5.75 Å². The van der Waals surface area contributed by atoms with Gasteiger partial charge >= 0.3 is 0 Å². The van der Waals surface area contributed by atoms with E-state index in [0.29, 0.717) is 24.2 Å². The number of methoxy groups -OCH3 is 1. The van der Waals surface area contributed by atoms with Gasteiger partial charge in [0.05, 0.1) is 13.2 Å². The first kappa shape index (κ1) is 17.0. The molecule has 1 heterocycles. The predicted octanol–water partition coefficient (Wildman–Crippen LogP) is 1.58. The maximum absolute atomic E-state index is 13.0. The number of primary amides is 1. The number of hydrogen-bond acceptors (Lipinski definition) is 4. The number of piperazine rings is 1. The quantitative estimate of drug-likeness (QED) is 0.886. The zero-order chi connectivity index (χ0) is 17.8. The van der Waals surface area contributed by atoms with E-state index in [0.717, 1.165) is 17.9 Å². The van der Waals surface area contributed by atoms with Crippen LogP contribution in [0.25, 0.3) is 0 Å². The molecule has 2 aromatic carbocycles. The van der Waals surface area contributed by atoms with Crippen LogP contribution in [0.3, 0.4) is 0 Å². The maximum atomic E-state index is 13.0. The molecule has 3 rings (SSSR count). The molecule has 2 aromatic rings. The van der Waals surface area contributed by atoms with E-state index < -0.39 is 5.91 Å². The molecule has 2 amide bonds. The van der Waals surface area contributed by atoms with E-state index in [1.165, 1.54) is 0 Å². The molecule has 130 valence electrons. The monoisotopic (exact) mass is 339 g/mol. The summed E-state index contributed by atoms with van der Waals surface area (Å²) in [6.45, 7) is 1.99. The number of amides is 2. The number of rotatable bonds is 4. The van der Waals surface area contributed by atoms with Gasteiger partial charge in [0.25, 0.3) is 5.91 Å². The van der Waals surface area contributed by atoms with Crippen molar-refractivity contribution < 1.29 is 14.3 Å². The highest BCUT2D eigenvalue weighted by Gasteiger charge is 2.30. The molecular weight excluding hydrogens is 318 g/mol. The van der Waals surface area contributed by atoms with Crippen molar-refractivity contribution in [2.45, 2.75) is 6.04 Å². The van der Waals surface area contributed by atoms with Crippen molar-refractivity contribution in [3.63, 3.8) is 0 Å². The molecule has 0 aliphatic carbocycles. The van der Waals surface area contributed by atoms with Crippen LogP contribution in [-0.4, -0.2) is 43.5 Å². The first-order valence-corrected chi connectivity index (χ1v) is 8.16. The third-order valence-electron chi connectivity index (χ3n) is 4.42. The minimum atomic E-state index is -0.506. The second-order valence-electron chi connectivity index (χ2n) is 5.90. The SMILES string of the molecule is COc1ccccc1C1CNCCN1C(=O)c1ccc(C(N)=O)cc1. The first-order valence-electron chi connectivity index (χ1n) is 8.16. The van der Waals surface area contributed by atoms with Crippen molar-refractivity contribution in [3.05, 3.63) is 65.2 Å². The fourth-order valence-electron chi connectivity index (χ4n) is 3.11. The van der Waals surface area contributed by atoms with Crippen molar-refractivity contribution in [2.75, 3.05) is 26.7 Å². The Morgan fingerprint density at radius 1 is 1.12 bits per heavy atom. The van der Waals surface area contributed by atoms with E-state index >= 15 is 0 Å². The Labute approximate surface area is 146 Å². The lowest BCUT2D eigenvalue weighted by atomic mass is 10.0. The molecule has 6 nitrogen and oxygen atoms in total. The van der Waals surface area contributed by atoms with Crippen LogP contribution in [0.15, 0.2) is 48.5 Å². The molecule has 0 spiro atoms. The minimum Gasteiger partial charge on any atom is -0.496 e. The molecule has 3 N–H and O–H groups in total. The molecular formula is C19H21N3O3. The van der Waals surface area contributed by atoms with Crippen molar-refractivity contribution in [1.29, 1.82) is 0 Å². The van der Waals surface area contributed by atoms with Crippen LogP contribution < -0.4 is 15.8 Å². The van der Waals surface area contributed by atoms with Gasteiger partial charge in [0.15, 0.2) is 0 Å². The van der Waals surface area contributed by atoms with Gasteiger partial charge in [-0.2, -0.15) is 0 Å². The van der Waals surface area contributed by atoms with Crippen molar-refractivity contribution in [2.24, 2.45) is 5.73 Å². The van der Waals surface area contributed by atoms with Gasteiger partial charge in [-0.15, -0.1) is 0 Å². The Hall–Kier alpha value is -2.86.